The van der Waals surface area contributed by atoms with Crippen LogP contribution in [0.15, 0.2) is 70.9 Å². The zero-order valence-electron chi connectivity index (χ0n) is 15.5. The highest BCUT2D eigenvalue weighted by atomic mass is 19.4. The molecule has 0 aromatic heterocycles. The number of alkyl halides is 3. The Morgan fingerprint density at radius 2 is 1.52 bits per heavy atom. The van der Waals surface area contributed by atoms with Crippen LogP contribution in [-0.4, -0.2) is 25.0 Å². The molecule has 6 nitrogen and oxygen atoms in total. The summed E-state index contributed by atoms with van der Waals surface area (Å²) in [5, 5.41) is 10.4. The summed E-state index contributed by atoms with van der Waals surface area (Å²) < 4.78 is 42.4. The monoisotopic (exact) mass is 405 g/mol. The van der Waals surface area contributed by atoms with E-state index in [0.29, 0.717) is 11.3 Å². The molecule has 2 aromatic rings. The molecule has 9 heteroatoms. The number of nitrogens with one attached hydrogen (secondary N) is 1. The Bertz CT molecular complexity index is 905. The number of amides is 1. The number of nitrogens with zero attached hydrogens (tertiary/aromatic N) is 2. The van der Waals surface area contributed by atoms with Gasteiger partial charge in [-0.25, -0.2) is 4.79 Å². The lowest BCUT2D eigenvalue weighted by molar-refractivity contribution is -0.139. The van der Waals surface area contributed by atoms with Gasteiger partial charge in [-0.15, -0.1) is 0 Å². The van der Waals surface area contributed by atoms with Crippen LogP contribution in [0.25, 0.3) is 0 Å². The first-order chi connectivity index (χ1) is 13.7. The molecule has 0 saturated carbocycles. The number of carbonyl (C=O) groups excluding carboxylic acids is 2. The van der Waals surface area contributed by atoms with Crippen LogP contribution in [0.2, 0.25) is 0 Å². The topological polar surface area (TPSA) is 80.1 Å². The summed E-state index contributed by atoms with van der Waals surface area (Å²) in [6, 6.07) is 10.4. The molecule has 0 saturated heterocycles. The van der Waals surface area contributed by atoms with Gasteiger partial charge in [0.15, 0.2) is 0 Å². The number of ether oxygens (including phenoxy) is 1. The summed E-state index contributed by atoms with van der Waals surface area (Å²) in [7, 11) is 0. The maximum absolute atomic E-state index is 12.5. The Morgan fingerprint density at radius 3 is 2.00 bits per heavy atom. The number of esters is 1. The van der Waals surface area contributed by atoms with E-state index in [-0.39, 0.29) is 30.3 Å². The van der Waals surface area contributed by atoms with Gasteiger partial charge >= 0.3 is 12.1 Å². The molecule has 0 aliphatic heterocycles. The Labute approximate surface area is 165 Å². The predicted molar refractivity (Wildman–Crippen MR) is 100 cm³/mol. The zero-order chi connectivity index (χ0) is 21.4. The minimum absolute atomic E-state index is 0.0247. The second-order valence-corrected chi connectivity index (χ2v) is 5.96. The lowest BCUT2D eigenvalue weighted by Crippen LogP contribution is -2.28. The van der Waals surface area contributed by atoms with Gasteiger partial charge in [0.05, 0.1) is 23.5 Å². The van der Waals surface area contributed by atoms with E-state index in [1.54, 1.807) is 12.1 Å². The van der Waals surface area contributed by atoms with Crippen molar-refractivity contribution in [3.63, 3.8) is 0 Å². The molecule has 0 heterocycles. The van der Waals surface area contributed by atoms with E-state index in [2.05, 4.69) is 22.1 Å². The van der Waals surface area contributed by atoms with Gasteiger partial charge in [-0.1, -0.05) is 6.58 Å². The third kappa shape index (κ3) is 6.87. The number of azo groups is 1. The van der Waals surface area contributed by atoms with Gasteiger partial charge < -0.3 is 10.1 Å². The summed E-state index contributed by atoms with van der Waals surface area (Å²) in [4.78, 5) is 23.2. The fourth-order valence-electron chi connectivity index (χ4n) is 2.05. The van der Waals surface area contributed by atoms with Crippen molar-refractivity contribution in [1.29, 1.82) is 0 Å². The second-order valence-electron chi connectivity index (χ2n) is 5.96. The fourth-order valence-corrected chi connectivity index (χ4v) is 2.05. The number of rotatable bonds is 7. The predicted octanol–water partition coefficient (Wildman–Crippen LogP) is 4.97. The average molecular weight is 405 g/mol. The highest BCUT2D eigenvalue weighted by Crippen LogP contribution is 2.30. The van der Waals surface area contributed by atoms with Crippen molar-refractivity contribution in [3.8, 4) is 0 Å². The standard InChI is InChI=1S/C20H18F3N3O3/c1-13(2)19(28)29-12-11-24-18(27)14-3-7-16(8-4-14)25-26-17-9-5-15(6-10-17)20(21,22)23/h3-10H,1,11-12H2,2H3,(H,24,27). The molecule has 2 rings (SSSR count). The van der Waals surface area contributed by atoms with Gasteiger partial charge in [-0.05, 0) is 55.5 Å². The summed E-state index contributed by atoms with van der Waals surface area (Å²) in [6.45, 7) is 5.14. The lowest BCUT2D eigenvalue weighted by atomic mass is 10.2. The smallest absolute Gasteiger partial charge is 0.416 e. The maximum atomic E-state index is 12.5. The van der Waals surface area contributed by atoms with Crippen molar-refractivity contribution in [3.05, 3.63) is 71.8 Å². The fraction of sp³-hybridized carbons (Fsp3) is 0.200. The normalized spacial score (nSPS) is 11.3. The Morgan fingerprint density at radius 1 is 1.00 bits per heavy atom. The van der Waals surface area contributed by atoms with Gasteiger partial charge in [0.2, 0.25) is 0 Å². The molecule has 0 fully saturated rings. The minimum atomic E-state index is -4.40. The highest BCUT2D eigenvalue weighted by molar-refractivity contribution is 5.94. The van der Waals surface area contributed by atoms with Crippen LogP contribution in [0.4, 0.5) is 24.5 Å². The minimum Gasteiger partial charge on any atom is -0.460 e. The van der Waals surface area contributed by atoms with E-state index >= 15 is 0 Å². The first-order valence-electron chi connectivity index (χ1n) is 8.47. The third-order valence-corrected chi connectivity index (χ3v) is 3.57. The zero-order valence-corrected chi connectivity index (χ0v) is 15.5. The number of hydrogen-bond donors (Lipinski definition) is 1. The van der Waals surface area contributed by atoms with Crippen LogP contribution < -0.4 is 5.32 Å². The summed E-state index contributed by atoms with van der Waals surface area (Å²) >= 11 is 0. The van der Waals surface area contributed by atoms with Crippen molar-refractivity contribution in [2.75, 3.05) is 13.2 Å². The van der Waals surface area contributed by atoms with Crippen LogP contribution in [-0.2, 0) is 15.7 Å². The molecule has 152 valence electrons. The van der Waals surface area contributed by atoms with Crippen LogP contribution in [0.1, 0.15) is 22.8 Å². The molecular formula is C20H18F3N3O3. The Balaban J connectivity index is 1.87. The van der Waals surface area contributed by atoms with E-state index in [4.69, 9.17) is 4.74 Å². The molecule has 0 unspecified atom stereocenters. The SMILES string of the molecule is C=C(C)C(=O)OCCNC(=O)c1ccc(N=Nc2ccc(C(F)(F)F)cc2)cc1. The van der Waals surface area contributed by atoms with Gasteiger partial charge in [-0.2, -0.15) is 23.4 Å². The molecule has 0 aliphatic carbocycles. The van der Waals surface area contributed by atoms with Crippen molar-refractivity contribution in [2.24, 2.45) is 10.2 Å². The van der Waals surface area contributed by atoms with Crippen LogP contribution in [0.5, 0.6) is 0 Å². The Kier molecular flexibility index (Phi) is 7.24. The van der Waals surface area contributed by atoms with Crippen LogP contribution >= 0.6 is 0 Å². The van der Waals surface area contributed by atoms with Crippen molar-refractivity contribution in [2.45, 2.75) is 13.1 Å². The van der Waals surface area contributed by atoms with Gasteiger partial charge in [0, 0.05) is 11.1 Å². The highest BCUT2D eigenvalue weighted by Gasteiger charge is 2.29. The lowest BCUT2D eigenvalue weighted by Gasteiger charge is -2.06. The molecule has 0 aliphatic rings. The summed E-state index contributed by atoms with van der Waals surface area (Å²) in [5.41, 5.74) is 0.573. The van der Waals surface area contributed by atoms with E-state index in [0.717, 1.165) is 12.1 Å². The quantitative estimate of drug-likeness (QED) is 0.306. The number of carbonyl (C=O) groups is 2. The van der Waals surface area contributed by atoms with Crippen molar-refractivity contribution >= 4 is 23.3 Å². The molecule has 1 amide bonds. The van der Waals surface area contributed by atoms with Crippen LogP contribution in [0, 0.1) is 0 Å². The van der Waals surface area contributed by atoms with Gasteiger partial charge in [0.1, 0.15) is 6.61 Å². The van der Waals surface area contributed by atoms with Gasteiger partial charge in [0.25, 0.3) is 5.91 Å². The second kappa shape index (κ2) is 9.63. The van der Waals surface area contributed by atoms with E-state index < -0.39 is 17.7 Å². The summed E-state index contributed by atoms with van der Waals surface area (Å²) in [5.74, 6) is -0.885. The molecule has 0 spiro atoms. The number of hydrogen-bond acceptors (Lipinski definition) is 5. The van der Waals surface area contributed by atoms with E-state index in [9.17, 15) is 22.8 Å². The number of benzene rings is 2. The number of halogens is 3. The first-order valence-corrected chi connectivity index (χ1v) is 8.47. The van der Waals surface area contributed by atoms with E-state index in [1.165, 1.54) is 31.2 Å². The molecule has 0 bridgehead atoms. The summed E-state index contributed by atoms with van der Waals surface area (Å²) in [6.07, 6.45) is -4.40. The molecule has 0 radical (unpaired) electrons. The van der Waals surface area contributed by atoms with E-state index in [1.807, 2.05) is 0 Å². The molecule has 0 atom stereocenters. The molecular weight excluding hydrogens is 387 g/mol. The third-order valence-electron chi connectivity index (χ3n) is 3.57. The van der Waals surface area contributed by atoms with Crippen molar-refractivity contribution < 1.29 is 27.5 Å². The molecule has 29 heavy (non-hydrogen) atoms. The maximum Gasteiger partial charge on any atom is 0.416 e. The van der Waals surface area contributed by atoms with Gasteiger partial charge in [-0.3, -0.25) is 4.79 Å². The molecule has 1 N–H and O–H groups in total. The van der Waals surface area contributed by atoms with Crippen LogP contribution in [0.3, 0.4) is 0 Å². The van der Waals surface area contributed by atoms with Crippen molar-refractivity contribution in [1.82, 2.24) is 5.32 Å². The largest absolute Gasteiger partial charge is 0.460 e. The average Bonchev–Trinajstić information content (AvgIpc) is 2.69. The molecule has 2 aromatic carbocycles. The Hall–Kier alpha value is -3.49. The first kappa shape index (κ1) is 21.8.